The molecule has 0 saturated heterocycles. The smallest absolute Gasteiger partial charge is 0.0541 e. The molecular formula is C128H84N4. The van der Waals surface area contributed by atoms with E-state index in [0.717, 1.165) is 5.69 Å². The minimum absolute atomic E-state index is 1.16. The van der Waals surface area contributed by atoms with Gasteiger partial charge in [0.25, 0.3) is 0 Å². The number of benzene rings is 22. The zero-order valence-corrected chi connectivity index (χ0v) is 72.3. The summed E-state index contributed by atoms with van der Waals surface area (Å²) in [5, 5.41) is 14.9. The van der Waals surface area contributed by atoms with Gasteiger partial charge in [-0.15, -0.1) is 0 Å². The molecule has 22 aromatic carbocycles. The fourth-order valence-corrected chi connectivity index (χ4v) is 21.1. The molecule has 0 radical (unpaired) electrons. The molecule has 0 aliphatic rings. The highest BCUT2D eigenvalue weighted by Crippen LogP contribution is 2.49. The highest BCUT2D eigenvalue weighted by molar-refractivity contribution is 6.16. The lowest BCUT2D eigenvalue weighted by Crippen LogP contribution is -1.95. The number of rotatable bonds is 14. The predicted octanol–water partition coefficient (Wildman–Crippen LogP) is 34.7. The number of hydrogen-bond acceptors (Lipinski definition) is 0. The highest BCUT2D eigenvalue weighted by atomic mass is 15.0. The Kier molecular flexibility index (Phi) is 18.9. The van der Waals surface area contributed by atoms with Gasteiger partial charge in [0.2, 0.25) is 0 Å². The summed E-state index contributed by atoms with van der Waals surface area (Å²) < 4.78 is 9.63. The van der Waals surface area contributed by atoms with E-state index in [1.165, 1.54) is 237 Å². The Morgan fingerprint density at radius 1 is 0.106 bits per heavy atom. The van der Waals surface area contributed by atoms with Crippen LogP contribution in [0.2, 0.25) is 0 Å². The fourth-order valence-electron chi connectivity index (χ4n) is 21.1. The second-order valence-electron chi connectivity index (χ2n) is 34.4. The third-order valence-corrected chi connectivity index (χ3v) is 27.1. The summed E-state index contributed by atoms with van der Waals surface area (Å²) in [6.45, 7) is 0. The number of fused-ring (bicyclic) bond motifs is 14. The SMILES string of the molecule is c1ccc(-n2c3ccccc3c3cc(-c4cccc(-c5ccccc5-c5ccccc5-c5cccc(-c6ccc7c(c6)c6ccccc6n7-c6cccc7ccccc67)c5)c4)ccc32)cc1.c1ccc(-n2c3ccccc3c3cc(-c4ccccc4-c4ccccc4-c4ccccc4-c4ccccc4-c4ccc5c(c4)c4ccccc4n5-c4cccc5ccccc45)ccc32)cc1. The maximum atomic E-state index is 2.44. The number of para-hydroxylation sites is 6. The quantitative estimate of drug-likeness (QED) is 0.103. The molecule has 0 amide bonds. The van der Waals surface area contributed by atoms with Crippen LogP contribution in [-0.4, -0.2) is 18.3 Å². The standard InChI is InChI=1S/2C64H42N2/c1-2-23-50(24-3-1)65-61-32-12-10-30-56(61)58-41-46(35-37-63(58)65)44-19-14-21-48(39-44)51-25-6-8-28-54(51)55-29-9-7-26-52(55)49-22-15-20-45(40-49)47-36-38-64-59(42-47)57-31-11-13-33-62(57)66(64)60-34-16-18-43-17-4-5-27-53(43)60;1-2-21-46(22-3-1)65-61-34-16-14-32-56(61)58-41-44(37-39-63(58)65)47-23-6-8-26-50(47)52-28-10-12-30-54(52)55-31-13-11-29-53(55)51-27-9-7-24-48(51)45-38-40-64-59(42-45)57-33-15-17-35-62(57)66(64)60-36-18-20-43-19-4-5-25-49(43)60/h2*1-42H. The van der Waals surface area contributed by atoms with Crippen LogP contribution in [0.3, 0.4) is 0 Å². The van der Waals surface area contributed by atoms with Crippen molar-refractivity contribution in [2.75, 3.05) is 0 Å². The van der Waals surface area contributed by atoms with Gasteiger partial charge in [0.1, 0.15) is 0 Å². The first-order valence-electron chi connectivity index (χ1n) is 45.5. The lowest BCUT2D eigenvalue weighted by molar-refractivity contribution is 1.18. The van der Waals surface area contributed by atoms with E-state index < -0.39 is 0 Å². The third-order valence-electron chi connectivity index (χ3n) is 27.1. The van der Waals surface area contributed by atoms with Crippen LogP contribution in [0.1, 0.15) is 0 Å². The van der Waals surface area contributed by atoms with Crippen molar-refractivity contribution in [3.05, 3.63) is 510 Å². The summed E-state index contributed by atoms with van der Waals surface area (Å²) in [4.78, 5) is 0. The first-order chi connectivity index (χ1) is 65.5. The van der Waals surface area contributed by atoms with Gasteiger partial charge in [-0.25, -0.2) is 0 Å². The topological polar surface area (TPSA) is 19.7 Å². The summed E-state index contributed by atoms with van der Waals surface area (Å²) >= 11 is 0. The van der Waals surface area contributed by atoms with E-state index in [2.05, 4.69) is 528 Å². The van der Waals surface area contributed by atoms with Crippen molar-refractivity contribution in [1.29, 1.82) is 0 Å². The number of aromatic nitrogens is 4. The predicted molar refractivity (Wildman–Crippen MR) is 560 cm³/mol. The van der Waals surface area contributed by atoms with Crippen LogP contribution in [0.5, 0.6) is 0 Å². The van der Waals surface area contributed by atoms with Gasteiger partial charge in [-0.05, 0) is 243 Å². The van der Waals surface area contributed by atoms with Crippen LogP contribution in [0.15, 0.2) is 510 Å². The maximum absolute atomic E-state index is 2.44. The minimum Gasteiger partial charge on any atom is -0.309 e. The molecule has 616 valence electrons. The molecular weight excluding hydrogens is 1590 g/mol. The molecule has 0 bridgehead atoms. The first-order valence-corrected chi connectivity index (χ1v) is 45.5. The molecule has 4 heteroatoms. The first kappa shape index (κ1) is 76.9. The molecule has 0 fully saturated rings. The monoisotopic (exact) mass is 1680 g/mol. The summed E-state index contributed by atoms with van der Waals surface area (Å²) in [5.74, 6) is 0. The van der Waals surface area contributed by atoms with Gasteiger partial charge in [-0.1, -0.05) is 388 Å². The molecule has 0 unspecified atom stereocenters. The Bertz CT molecular complexity index is 9030. The molecule has 4 aromatic heterocycles. The Balaban J connectivity index is 0.000000142. The van der Waals surface area contributed by atoms with Crippen LogP contribution in [0, 0.1) is 0 Å². The van der Waals surface area contributed by atoms with Gasteiger partial charge in [0, 0.05) is 65.2 Å². The molecule has 0 aliphatic carbocycles. The summed E-state index contributed by atoms with van der Waals surface area (Å²) in [6.07, 6.45) is 0. The number of hydrogen-bond donors (Lipinski definition) is 0. The molecule has 132 heavy (non-hydrogen) atoms. The molecule has 4 heterocycles. The largest absolute Gasteiger partial charge is 0.309 e. The Morgan fingerprint density at radius 2 is 0.311 bits per heavy atom. The van der Waals surface area contributed by atoms with Crippen LogP contribution >= 0.6 is 0 Å². The molecule has 0 aliphatic heterocycles. The zero-order chi connectivity index (χ0) is 87.1. The van der Waals surface area contributed by atoms with Crippen molar-refractivity contribution >= 4 is 109 Å². The van der Waals surface area contributed by atoms with E-state index in [1.54, 1.807) is 0 Å². The van der Waals surface area contributed by atoms with E-state index >= 15 is 0 Å². The molecule has 4 nitrogen and oxygen atoms in total. The lowest BCUT2D eigenvalue weighted by atomic mass is 9.85. The Hall–Kier alpha value is -17.4. The van der Waals surface area contributed by atoms with Gasteiger partial charge in [0.15, 0.2) is 0 Å². The van der Waals surface area contributed by atoms with Crippen molar-refractivity contribution in [3.63, 3.8) is 0 Å². The molecule has 0 atom stereocenters. The maximum Gasteiger partial charge on any atom is 0.0541 e. The van der Waals surface area contributed by atoms with Crippen LogP contribution in [0.25, 0.3) is 243 Å². The van der Waals surface area contributed by atoms with Gasteiger partial charge < -0.3 is 18.3 Å². The Labute approximate surface area is 765 Å². The minimum atomic E-state index is 1.16. The summed E-state index contributed by atoms with van der Waals surface area (Å²) in [7, 11) is 0. The van der Waals surface area contributed by atoms with Crippen LogP contribution in [-0.2, 0) is 0 Å². The Morgan fingerprint density at radius 3 is 0.644 bits per heavy atom. The van der Waals surface area contributed by atoms with E-state index in [1.807, 2.05) is 0 Å². The summed E-state index contributed by atoms with van der Waals surface area (Å²) in [5.41, 5.74) is 38.3. The average molecular weight is 1680 g/mol. The average Bonchev–Trinajstić information content (AvgIpc) is 1.59. The fraction of sp³-hybridized carbons (Fsp3) is 0. The lowest BCUT2D eigenvalue weighted by Gasteiger charge is -2.19. The van der Waals surface area contributed by atoms with Gasteiger partial charge in [-0.2, -0.15) is 0 Å². The second-order valence-corrected chi connectivity index (χ2v) is 34.4. The molecule has 0 saturated carbocycles. The number of nitrogens with zero attached hydrogens (tertiary/aromatic N) is 4. The molecule has 0 spiro atoms. The molecule has 26 aromatic rings. The van der Waals surface area contributed by atoms with Crippen molar-refractivity contribution in [2.45, 2.75) is 0 Å². The van der Waals surface area contributed by atoms with Crippen molar-refractivity contribution in [2.24, 2.45) is 0 Å². The van der Waals surface area contributed by atoms with Crippen LogP contribution in [0.4, 0.5) is 0 Å². The van der Waals surface area contributed by atoms with Crippen molar-refractivity contribution in [1.82, 2.24) is 18.3 Å². The zero-order valence-electron chi connectivity index (χ0n) is 72.3. The third kappa shape index (κ3) is 13.1. The second kappa shape index (κ2) is 32.5. The van der Waals surface area contributed by atoms with E-state index in [-0.39, 0.29) is 0 Å². The molecule has 0 N–H and O–H groups in total. The van der Waals surface area contributed by atoms with E-state index in [0.29, 0.717) is 0 Å². The van der Waals surface area contributed by atoms with E-state index in [9.17, 15) is 0 Å². The van der Waals surface area contributed by atoms with Gasteiger partial charge >= 0.3 is 0 Å². The van der Waals surface area contributed by atoms with Crippen molar-refractivity contribution < 1.29 is 0 Å². The normalized spacial score (nSPS) is 11.6. The highest BCUT2D eigenvalue weighted by Gasteiger charge is 2.25. The van der Waals surface area contributed by atoms with Gasteiger partial charge in [0.05, 0.1) is 55.5 Å². The van der Waals surface area contributed by atoms with E-state index in [4.69, 9.17) is 0 Å². The summed E-state index contributed by atoms with van der Waals surface area (Å²) in [6, 6.07) is 186. The van der Waals surface area contributed by atoms with Crippen LogP contribution < -0.4 is 0 Å². The van der Waals surface area contributed by atoms with Gasteiger partial charge in [-0.3, -0.25) is 0 Å². The molecule has 26 rings (SSSR count). The van der Waals surface area contributed by atoms with Crippen molar-refractivity contribution in [3.8, 4) is 134 Å².